The van der Waals surface area contributed by atoms with E-state index in [9.17, 15) is 4.79 Å². The molecule has 0 saturated carbocycles. The van der Waals surface area contributed by atoms with Gasteiger partial charge in [-0.1, -0.05) is 23.7 Å². The maximum atomic E-state index is 11.5. The second kappa shape index (κ2) is 8.63. The molecule has 1 rings (SSSR count). The Morgan fingerprint density at radius 3 is 2.74 bits per heavy atom. The van der Waals surface area contributed by atoms with Gasteiger partial charge in [-0.25, -0.2) is 0 Å². The molecular formula is C13H15ClN2O2S. The fraction of sp³-hybridized carbons (Fsp3) is 0.231. The van der Waals surface area contributed by atoms with Crippen molar-refractivity contribution in [3.63, 3.8) is 0 Å². The number of hydrogen-bond donors (Lipinski definition) is 2. The van der Waals surface area contributed by atoms with Gasteiger partial charge in [-0.3, -0.25) is 10.1 Å². The van der Waals surface area contributed by atoms with Crippen molar-refractivity contribution in [1.82, 2.24) is 10.6 Å². The number of carbonyl (C=O) groups is 1. The largest absolute Gasteiger partial charge is 0.383 e. The zero-order chi connectivity index (χ0) is 14.1. The van der Waals surface area contributed by atoms with E-state index in [0.717, 1.165) is 5.56 Å². The fourth-order valence-electron chi connectivity index (χ4n) is 1.21. The van der Waals surface area contributed by atoms with Gasteiger partial charge in [-0.15, -0.1) is 0 Å². The zero-order valence-electron chi connectivity index (χ0n) is 10.5. The molecule has 0 aliphatic heterocycles. The normalized spacial score (nSPS) is 10.4. The summed E-state index contributed by atoms with van der Waals surface area (Å²) in [6.45, 7) is 1.08. The van der Waals surface area contributed by atoms with Gasteiger partial charge in [0.25, 0.3) is 0 Å². The van der Waals surface area contributed by atoms with Crippen LogP contribution in [0.2, 0.25) is 5.02 Å². The number of methoxy groups -OCH3 is 1. The van der Waals surface area contributed by atoms with E-state index in [0.29, 0.717) is 18.2 Å². The number of hydrogen-bond acceptors (Lipinski definition) is 3. The van der Waals surface area contributed by atoms with Crippen LogP contribution in [0, 0.1) is 0 Å². The average molecular weight is 299 g/mol. The van der Waals surface area contributed by atoms with E-state index in [4.69, 9.17) is 28.6 Å². The Kier molecular flexibility index (Phi) is 7.10. The van der Waals surface area contributed by atoms with Crippen LogP contribution in [0.5, 0.6) is 0 Å². The third-order valence-corrected chi connectivity index (χ3v) is 2.62. The Morgan fingerprint density at radius 2 is 2.11 bits per heavy atom. The Morgan fingerprint density at radius 1 is 1.42 bits per heavy atom. The monoisotopic (exact) mass is 298 g/mol. The minimum atomic E-state index is -0.287. The topological polar surface area (TPSA) is 50.4 Å². The van der Waals surface area contributed by atoms with Crippen molar-refractivity contribution < 1.29 is 9.53 Å². The summed E-state index contributed by atoms with van der Waals surface area (Å²) in [5, 5.41) is 6.31. The van der Waals surface area contributed by atoms with E-state index in [1.165, 1.54) is 6.08 Å². The average Bonchev–Trinajstić information content (AvgIpc) is 2.38. The summed E-state index contributed by atoms with van der Waals surface area (Å²) in [6, 6.07) is 7.16. The zero-order valence-corrected chi connectivity index (χ0v) is 12.1. The van der Waals surface area contributed by atoms with Gasteiger partial charge >= 0.3 is 0 Å². The third kappa shape index (κ3) is 6.91. The fourth-order valence-corrected chi connectivity index (χ4v) is 1.54. The van der Waals surface area contributed by atoms with E-state index in [1.54, 1.807) is 25.3 Å². The molecule has 0 bridgehead atoms. The minimum absolute atomic E-state index is 0.280. The first-order valence-electron chi connectivity index (χ1n) is 5.63. The Balaban J connectivity index is 2.38. The Labute approximate surface area is 122 Å². The van der Waals surface area contributed by atoms with Crippen molar-refractivity contribution in [1.29, 1.82) is 0 Å². The summed E-state index contributed by atoms with van der Waals surface area (Å²) in [4.78, 5) is 11.5. The molecule has 0 atom stereocenters. The molecule has 1 aromatic rings. The lowest BCUT2D eigenvalue weighted by atomic mass is 10.2. The highest BCUT2D eigenvalue weighted by Gasteiger charge is 1.99. The molecule has 0 fully saturated rings. The van der Waals surface area contributed by atoms with Crippen molar-refractivity contribution in [2.45, 2.75) is 0 Å². The molecule has 19 heavy (non-hydrogen) atoms. The van der Waals surface area contributed by atoms with Crippen LogP contribution in [0.3, 0.4) is 0 Å². The van der Waals surface area contributed by atoms with Gasteiger partial charge in [-0.05, 0) is 36.0 Å². The quantitative estimate of drug-likeness (QED) is 0.496. The van der Waals surface area contributed by atoms with E-state index < -0.39 is 0 Å². The van der Waals surface area contributed by atoms with Gasteiger partial charge in [0.2, 0.25) is 5.91 Å². The first-order valence-corrected chi connectivity index (χ1v) is 6.42. The van der Waals surface area contributed by atoms with Crippen molar-refractivity contribution in [2.24, 2.45) is 0 Å². The summed E-state index contributed by atoms with van der Waals surface area (Å²) < 4.78 is 4.85. The summed E-state index contributed by atoms with van der Waals surface area (Å²) in [5.74, 6) is -0.287. The highest BCUT2D eigenvalue weighted by molar-refractivity contribution is 7.80. The molecule has 6 heteroatoms. The summed E-state index contributed by atoms with van der Waals surface area (Å²) in [6.07, 6.45) is 3.09. The SMILES string of the molecule is COCCNC(=S)NC(=O)/C=C/c1ccc(Cl)cc1. The van der Waals surface area contributed by atoms with Gasteiger partial charge in [0.15, 0.2) is 5.11 Å². The summed E-state index contributed by atoms with van der Waals surface area (Å²) in [5.41, 5.74) is 0.887. The number of thiocarbonyl (C=S) groups is 1. The Hall–Kier alpha value is -1.43. The highest BCUT2D eigenvalue weighted by Crippen LogP contribution is 2.10. The van der Waals surface area contributed by atoms with Crippen LogP contribution in [0.4, 0.5) is 0 Å². The van der Waals surface area contributed by atoms with E-state index in [2.05, 4.69) is 10.6 Å². The lowest BCUT2D eigenvalue weighted by Gasteiger charge is -2.06. The number of benzene rings is 1. The van der Waals surface area contributed by atoms with Crippen molar-refractivity contribution in [2.75, 3.05) is 20.3 Å². The van der Waals surface area contributed by atoms with Gasteiger partial charge < -0.3 is 10.1 Å². The van der Waals surface area contributed by atoms with Crippen LogP contribution < -0.4 is 10.6 Å². The molecule has 1 aromatic carbocycles. The molecule has 0 unspecified atom stereocenters. The maximum absolute atomic E-state index is 11.5. The van der Waals surface area contributed by atoms with Gasteiger partial charge in [0.05, 0.1) is 6.61 Å². The van der Waals surface area contributed by atoms with Crippen molar-refractivity contribution in [3.8, 4) is 0 Å². The Bertz CT molecular complexity index is 460. The van der Waals surface area contributed by atoms with Crippen LogP contribution >= 0.6 is 23.8 Å². The van der Waals surface area contributed by atoms with Crippen LogP contribution in [-0.4, -0.2) is 31.3 Å². The number of nitrogens with one attached hydrogen (secondary N) is 2. The lowest BCUT2D eigenvalue weighted by molar-refractivity contribution is -0.115. The summed E-state index contributed by atoms with van der Waals surface area (Å²) in [7, 11) is 1.60. The van der Waals surface area contributed by atoms with Crippen LogP contribution in [0.1, 0.15) is 5.56 Å². The van der Waals surface area contributed by atoms with Gasteiger partial charge in [-0.2, -0.15) is 0 Å². The minimum Gasteiger partial charge on any atom is -0.383 e. The number of ether oxygens (including phenoxy) is 1. The highest BCUT2D eigenvalue weighted by atomic mass is 35.5. The second-order valence-corrected chi connectivity index (χ2v) is 4.47. The molecule has 2 N–H and O–H groups in total. The third-order valence-electron chi connectivity index (χ3n) is 2.13. The molecule has 0 aromatic heterocycles. The molecule has 0 radical (unpaired) electrons. The molecule has 102 valence electrons. The molecule has 0 saturated heterocycles. The van der Waals surface area contributed by atoms with E-state index >= 15 is 0 Å². The molecular weight excluding hydrogens is 284 g/mol. The second-order valence-electron chi connectivity index (χ2n) is 3.62. The molecule has 1 amide bonds. The number of carbonyl (C=O) groups excluding carboxylic acids is 1. The van der Waals surface area contributed by atoms with Gasteiger partial charge in [0.1, 0.15) is 0 Å². The first-order chi connectivity index (χ1) is 9.11. The predicted octanol–water partition coefficient (Wildman–Crippen LogP) is 1.99. The van der Waals surface area contributed by atoms with Crippen molar-refractivity contribution in [3.05, 3.63) is 40.9 Å². The molecule has 0 spiro atoms. The van der Waals surface area contributed by atoms with Gasteiger partial charge in [0, 0.05) is 24.8 Å². The van der Waals surface area contributed by atoms with Crippen LogP contribution in [0.15, 0.2) is 30.3 Å². The number of rotatable bonds is 5. The molecule has 0 aliphatic carbocycles. The molecule has 4 nitrogen and oxygen atoms in total. The molecule has 0 aliphatic rings. The number of halogens is 1. The van der Waals surface area contributed by atoms with Crippen LogP contribution in [-0.2, 0) is 9.53 Å². The molecule has 0 heterocycles. The smallest absolute Gasteiger partial charge is 0.250 e. The first kappa shape index (κ1) is 15.6. The van der Waals surface area contributed by atoms with Crippen molar-refractivity contribution >= 4 is 40.9 Å². The van der Waals surface area contributed by atoms with Crippen LogP contribution in [0.25, 0.3) is 6.08 Å². The number of amides is 1. The maximum Gasteiger partial charge on any atom is 0.250 e. The lowest BCUT2D eigenvalue weighted by Crippen LogP contribution is -2.39. The predicted molar refractivity (Wildman–Crippen MR) is 81.1 cm³/mol. The van der Waals surface area contributed by atoms with E-state index in [-0.39, 0.29) is 11.0 Å². The standard InChI is InChI=1S/C13H15ClN2O2S/c1-18-9-8-15-13(19)16-12(17)7-4-10-2-5-11(14)6-3-10/h2-7H,8-9H2,1H3,(H2,15,16,17,19)/b7-4+. The van der Waals surface area contributed by atoms with E-state index in [1.807, 2.05) is 12.1 Å². The summed E-state index contributed by atoms with van der Waals surface area (Å²) >= 11 is 10.7.